The predicted octanol–water partition coefficient (Wildman–Crippen LogP) is 7.77. The number of nitrogens with one attached hydrogen (secondary N) is 1. The number of aliphatic hydroxyl groups is 1. The third kappa shape index (κ3) is 7.67. The number of amides is 3. The molecule has 0 aliphatic carbocycles. The number of nitrogens with zero attached hydrogens (tertiary/aromatic N) is 4. The van der Waals surface area contributed by atoms with E-state index in [0.717, 1.165) is 48.3 Å². The number of allylic oxidation sites excluding steroid dienone is 3. The Balaban J connectivity index is 1.18. The molecule has 3 fully saturated rings. The van der Waals surface area contributed by atoms with Gasteiger partial charge in [0.25, 0.3) is 11.8 Å². The molecule has 5 heterocycles. The van der Waals surface area contributed by atoms with E-state index in [9.17, 15) is 14.7 Å². The molecule has 324 valence electrons. The van der Waals surface area contributed by atoms with Crippen LogP contribution in [0, 0.1) is 5.92 Å². The van der Waals surface area contributed by atoms with Gasteiger partial charge in [0.15, 0.2) is 5.60 Å². The number of fused-ring (bicyclic) bond motifs is 3. The Hall–Kier alpha value is -4.62. The molecular formula is C49H62FN5O5Si. The molecule has 0 radical (unpaired) electrons. The number of anilines is 3. The van der Waals surface area contributed by atoms with Crippen molar-refractivity contribution in [1.82, 2.24) is 10.2 Å². The van der Waals surface area contributed by atoms with E-state index >= 15 is 8.90 Å². The number of hydrogen-bond acceptors (Lipinski definition) is 7. The normalized spacial score (nSPS) is 26.1. The van der Waals surface area contributed by atoms with Crippen molar-refractivity contribution in [3.8, 4) is 0 Å². The van der Waals surface area contributed by atoms with Crippen molar-refractivity contribution in [2.24, 2.45) is 5.92 Å². The zero-order chi connectivity index (χ0) is 43.3. The van der Waals surface area contributed by atoms with E-state index in [-0.39, 0.29) is 30.7 Å². The van der Waals surface area contributed by atoms with Crippen LogP contribution in [0.4, 0.5) is 21.2 Å². The van der Waals surface area contributed by atoms with Crippen molar-refractivity contribution in [2.75, 3.05) is 47.6 Å². The van der Waals surface area contributed by atoms with Crippen molar-refractivity contribution in [3.05, 3.63) is 113 Å². The first-order chi connectivity index (χ1) is 29.2. The van der Waals surface area contributed by atoms with E-state index in [0.29, 0.717) is 56.0 Å². The maximum Gasteiger partial charge on any atom is 0.264 e. The van der Waals surface area contributed by atoms with Crippen LogP contribution in [0.15, 0.2) is 96.1 Å². The van der Waals surface area contributed by atoms with Crippen LogP contribution in [0.1, 0.15) is 76.5 Å². The molecule has 0 bridgehead atoms. The van der Waals surface area contributed by atoms with Crippen LogP contribution in [0.3, 0.4) is 0 Å². The van der Waals surface area contributed by atoms with Crippen molar-refractivity contribution in [3.63, 3.8) is 0 Å². The van der Waals surface area contributed by atoms with Gasteiger partial charge in [-0.05, 0) is 121 Å². The first-order valence-corrected chi connectivity index (χ1v) is 25.1. The van der Waals surface area contributed by atoms with Crippen molar-refractivity contribution in [1.29, 1.82) is 0 Å². The van der Waals surface area contributed by atoms with Crippen molar-refractivity contribution < 1.29 is 28.3 Å². The third-order valence-electron chi connectivity index (χ3n) is 14.2. The van der Waals surface area contributed by atoms with Crippen molar-refractivity contribution >= 4 is 43.2 Å². The lowest BCUT2D eigenvalue weighted by Crippen LogP contribution is -2.55. The highest BCUT2D eigenvalue weighted by Crippen LogP contribution is 2.61. The van der Waals surface area contributed by atoms with Crippen LogP contribution in [0.2, 0.25) is 18.6 Å². The maximum atomic E-state index is 17.0. The zero-order valence-corrected chi connectivity index (χ0v) is 37.6. The Morgan fingerprint density at radius 3 is 2.34 bits per heavy atom. The molecule has 0 aromatic heterocycles. The Bertz CT molecular complexity index is 2220. The first kappa shape index (κ1) is 43.0. The topological polar surface area (TPSA) is 106 Å². The summed E-state index contributed by atoms with van der Waals surface area (Å²) in [7, 11) is -3.61. The summed E-state index contributed by atoms with van der Waals surface area (Å²) in [6.45, 7) is 13.7. The van der Waals surface area contributed by atoms with E-state index < -0.39 is 43.2 Å². The molecule has 2 spiro atoms. The monoisotopic (exact) mass is 847 g/mol. The average molecular weight is 848 g/mol. The number of carbonyl (C=O) groups excluding carboxylic acids is 3. The standard InChI is InChI=1S/C49H62FN5O5Si/c1-33(2)13-12-14-34(3)21-26-52-42-20-19-39(54-32-55(38-17-8-7-9-18-38)48(46(54)58)22-24-51-25-23-48)28-41(42)49(47(52)59)35(4)45(61(5,6)50)43(60-49)29-44(57)53-30-37-16-11-10-15-36(37)27-40(53)31-56/h7-11,13,15-21,28,35,40,43,45,51,56H,12,14,22-27,29-32H2,1-6H3/b34-21+/t35-,40-,43+,45-,49+/m0/s1. The first-order valence-electron chi connectivity index (χ1n) is 22.1. The number of ether oxygens (including phenoxy) is 1. The minimum atomic E-state index is -3.61. The van der Waals surface area contributed by atoms with Crippen LogP contribution in [-0.4, -0.2) is 86.7 Å². The lowest BCUT2D eigenvalue weighted by atomic mass is 9.82. The van der Waals surface area contributed by atoms with Gasteiger partial charge in [-0.3, -0.25) is 19.3 Å². The van der Waals surface area contributed by atoms with Gasteiger partial charge in [-0.2, -0.15) is 0 Å². The highest BCUT2D eigenvalue weighted by molar-refractivity contribution is 6.72. The molecule has 5 aliphatic heterocycles. The number of aliphatic hydroxyl groups excluding tert-OH is 1. The lowest BCUT2D eigenvalue weighted by molar-refractivity contribution is -0.150. The van der Waals surface area contributed by atoms with Crippen LogP contribution >= 0.6 is 0 Å². The van der Waals surface area contributed by atoms with E-state index in [2.05, 4.69) is 43.1 Å². The van der Waals surface area contributed by atoms with E-state index in [1.807, 2.05) is 84.6 Å². The molecular weight excluding hydrogens is 786 g/mol. The molecule has 12 heteroatoms. The van der Waals surface area contributed by atoms with Crippen LogP contribution < -0.4 is 20.0 Å². The molecule has 3 aromatic rings. The maximum absolute atomic E-state index is 17.0. The van der Waals surface area contributed by atoms with Gasteiger partial charge in [0.2, 0.25) is 14.3 Å². The summed E-state index contributed by atoms with van der Waals surface area (Å²) in [4.78, 5) is 52.2. The fraction of sp³-hybridized carbons (Fsp3) is 0.490. The lowest BCUT2D eigenvalue weighted by Gasteiger charge is -2.39. The van der Waals surface area contributed by atoms with Gasteiger partial charge in [-0.15, -0.1) is 0 Å². The van der Waals surface area contributed by atoms with E-state index in [1.54, 1.807) is 22.9 Å². The summed E-state index contributed by atoms with van der Waals surface area (Å²) in [5, 5.41) is 13.9. The second-order valence-corrected chi connectivity index (χ2v) is 22.5. The largest absolute Gasteiger partial charge is 0.394 e. The number of hydrogen-bond donors (Lipinski definition) is 2. The fourth-order valence-corrected chi connectivity index (χ4v) is 13.5. The van der Waals surface area contributed by atoms with Gasteiger partial charge < -0.3 is 34.0 Å². The number of para-hydroxylation sites is 1. The summed E-state index contributed by atoms with van der Waals surface area (Å²) in [6, 6.07) is 23.4. The molecule has 3 aromatic carbocycles. The Morgan fingerprint density at radius 1 is 0.951 bits per heavy atom. The molecule has 2 N–H and O–H groups in total. The molecule has 3 amide bonds. The number of carbonyl (C=O) groups is 3. The van der Waals surface area contributed by atoms with Gasteiger partial charge in [-0.25, -0.2) is 0 Å². The smallest absolute Gasteiger partial charge is 0.264 e. The van der Waals surface area contributed by atoms with Gasteiger partial charge in [0.05, 0.1) is 37.5 Å². The minimum absolute atomic E-state index is 0.0172. The zero-order valence-electron chi connectivity index (χ0n) is 36.6. The SMILES string of the molecule is CC(C)=CCC/C(C)=C/CN1C(=O)[C@]2(O[C@H](CC(=O)N3Cc4ccccc4C[C@H]3CO)[C@@H]([Si](C)(C)F)[C@@H]2C)c2cc(N3CN(c4ccccc4)C4(CCNCC4)C3=O)ccc21. The van der Waals surface area contributed by atoms with Gasteiger partial charge in [0, 0.05) is 41.5 Å². The summed E-state index contributed by atoms with van der Waals surface area (Å²) < 4.78 is 24.1. The second-order valence-electron chi connectivity index (χ2n) is 18.7. The molecule has 0 saturated carbocycles. The fourth-order valence-electron chi connectivity index (χ4n) is 11.0. The van der Waals surface area contributed by atoms with E-state index in [1.165, 1.54) is 5.57 Å². The Morgan fingerprint density at radius 2 is 1.66 bits per heavy atom. The number of piperidine rings is 1. The molecule has 3 saturated heterocycles. The third-order valence-corrected chi connectivity index (χ3v) is 16.6. The van der Waals surface area contributed by atoms with Gasteiger partial charge in [-0.1, -0.05) is 72.7 Å². The summed E-state index contributed by atoms with van der Waals surface area (Å²) in [5.74, 6) is -1.10. The predicted molar refractivity (Wildman–Crippen MR) is 242 cm³/mol. The Kier molecular flexibility index (Phi) is 11.9. The number of halogens is 1. The van der Waals surface area contributed by atoms with Crippen LogP contribution in [-0.2, 0) is 37.7 Å². The molecule has 5 atom stereocenters. The number of rotatable bonds is 11. The summed E-state index contributed by atoms with van der Waals surface area (Å²) in [6.07, 6.45) is 6.89. The second kappa shape index (κ2) is 16.9. The molecule has 61 heavy (non-hydrogen) atoms. The highest BCUT2D eigenvalue weighted by atomic mass is 28.4. The Labute approximate surface area is 361 Å². The minimum Gasteiger partial charge on any atom is -0.394 e. The molecule has 8 rings (SSSR count). The van der Waals surface area contributed by atoms with Gasteiger partial charge in [0.1, 0.15) is 5.54 Å². The highest BCUT2D eigenvalue weighted by Gasteiger charge is 2.67. The average Bonchev–Trinajstić information content (AvgIpc) is 3.79. The van der Waals surface area contributed by atoms with Crippen LogP contribution in [0.25, 0.3) is 0 Å². The van der Waals surface area contributed by atoms with Gasteiger partial charge >= 0.3 is 0 Å². The number of benzene rings is 3. The van der Waals surface area contributed by atoms with Crippen molar-refractivity contribution in [2.45, 2.75) is 115 Å². The quantitative estimate of drug-likeness (QED) is 0.116. The van der Waals surface area contributed by atoms with Crippen LogP contribution in [0.5, 0.6) is 0 Å². The molecule has 5 aliphatic rings. The molecule has 0 unspecified atom stereocenters. The molecule has 10 nitrogen and oxygen atoms in total. The van der Waals surface area contributed by atoms with E-state index in [4.69, 9.17) is 4.74 Å². The summed E-state index contributed by atoms with van der Waals surface area (Å²) >= 11 is 0. The summed E-state index contributed by atoms with van der Waals surface area (Å²) in [5.41, 5.74) is 4.46.